The van der Waals surface area contributed by atoms with Crippen molar-refractivity contribution in [2.24, 2.45) is 0 Å². The van der Waals surface area contributed by atoms with Crippen molar-refractivity contribution in [3.63, 3.8) is 0 Å². The van der Waals surface area contributed by atoms with E-state index in [0.717, 1.165) is 5.56 Å². The Labute approximate surface area is 104 Å². The molecule has 0 fully saturated rings. The van der Waals surface area contributed by atoms with Gasteiger partial charge in [-0.25, -0.2) is 0 Å². The van der Waals surface area contributed by atoms with Crippen molar-refractivity contribution in [2.75, 3.05) is 0 Å². The van der Waals surface area contributed by atoms with E-state index in [1.54, 1.807) is 30.5 Å². The lowest BCUT2D eigenvalue weighted by atomic mass is 10.1. The monoisotopic (exact) mass is 244 g/mol. The van der Waals surface area contributed by atoms with Gasteiger partial charge in [0, 0.05) is 12.3 Å². The fraction of sp³-hybridized carbons (Fsp3) is 0.0769. The zero-order chi connectivity index (χ0) is 12.3. The van der Waals surface area contributed by atoms with Gasteiger partial charge in [-0.05, 0) is 23.8 Å². The van der Waals surface area contributed by atoms with Crippen LogP contribution in [0.3, 0.4) is 0 Å². The van der Waals surface area contributed by atoms with Gasteiger partial charge in [0.1, 0.15) is 0 Å². The number of hydrogen-bond donors (Lipinski definition) is 0. The summed E-state index contributed by atoms with van der Waals surface area (Å²) in [5.74, 6) is 0. The molecule has 0 bridgehead atoms. The molecule has 0 atom stereocenters. The number of benzene rings is 1. The molecule has 0 unspecified atom stereocenters. The first-order valence-corrected chi connectivity index (χ1v) is 5.42. The summed E-state index contributed by atoms with van der Waals surface area (Å²) < 4.78 is 1.51. The fourth-order valence-corrected chi connectivity index (χ4v) is 1.74. The zero-order valence-electron chi connectivity index (χ0n) is 8.93. The molecule has 17 heavy (non-hydrogen) atoms. The summed E-state index contributed by atoms with van der Waals surface area (Å²) in [5, 5.41) is 9.30. The molecule has 0 saturated carbocycles. The van der Waals surface area contributed by atoms with Gasteiger partial charge in [0.2, 0.25) is 0 Å². The highest BCUT2D eigenvalue weighted by Crippen LogP contribution is 2.08. The quantitative estimate of drug-likeness (QED) is 0.815. The van der Waals surface area contributed by atoms with Crippen molar-refractivity contribution in [2.45, 2.75) is 6.54 Å². The van der Waals surface area contributed by atoms with Crippen LogP contribution in [0.2, 0.25) is 5.02 Å². The second kappa shape index (κ2) is 4.86. The minimum atomic E-state index is -0.114. The molecule has 0 saturated heterocycles. The summed E-state index contributed by atoms with van der Waals surface area (Å²) in [6.07, 6.45) is 1.59. The Hall–Kier alpha value is -2.05. The average molecular weight is 245 g/mol. The molecule has 84 valence electrons. The van der Waals surface area contributed by atoms with E-state index in [1.165, 1.54) is 10.6 Å². The minimum absolute atomic E-state index is 0.114. The second-order valence-corrected chi connectivity index (χ2v) is 4.06. The third-order valence-electron chi connectivity index (χ3n) is 2.36. The van der Waals surface area contributed by atoms with E-state index in [2.05, 4.69) is 6.07 Å². The Balaban J connectivity index is 2.35. The Morgan fingerprint density at radius 1 is 1.29 bits per heavy atom. The van der Waals surface area contributed by atoms with Gasteiger partial charge in [0.05, 0.1) is 23.2 Å². The second-order valence-electron chi connectivity index (χ2n) is 3.63. The average Bonchev–Trinajstić information content (AvgIpc) is 2.34. The van der Waals surface area contributed by atoms with Crippen LogP contribution in [0.15, 0.2) is 47.4 Å². The van der Waals surface area contributed by atoms with Crippen LogP contribution in [0, 0.1) is 11.3 Å². The predicted octanol–water partition coefficient (Wildman–Crippen LogP) is 2.42. The van der Waals surface area contributed by atoms with Crippen LogP contribution in [0.5, 0.6) is 0 Å². The number of pyridine rings is 1. The van der Waals surface area contributed by atoms with E-state index >= 15 is 0 Å². The van der Waals surface area contributed by atoms with E-state index in [1.807, 2.05) is 6.07 Å². The van der Waals surface area contributed by atoms with Crippen LogP contribution >= 0.6 is 11.6 Å². The molecule has 0 radical (unpaired) electrons. The molecule has 0 aliphatic heterocycles. The molecule has 0 spiro atoms. The molecule has 1 aromatic carbocycles. The Morgan fingerprint density at radius 2 is 2.12 bits per heavy atom. The Morgan fingerprint density at radius 3 is 2.88 bits per heavy atom. The molecule has 3 nitrogen and oxygen atoms in total. The van der Waals surface area contributed by atoms with Gasteiger partial charge >= 0.3 is 0 Å². The smallest absolute Gasteiger partial charge is 0.250 e. The van der Waals surface area contributed by atoms with Crippen LogP contribution in [0.4, 0.5) is 0 Å². The number of hydrogen-bond acceptors (Lipinski definition) is 2. The molecule has 0 aliphatic carbocycles. The summed E-state index contributed by atoms with van der Waals surface area (Å²) in [6, 6.07) is 12.2. The summed E-state index contributed by atoms with van der Waals surface area (Å²) in [6.45, 7) is 0.412. The van der Waals surface area contributed by atoms with Gasteiger partial charge < -0.3 is 4.57 Å². The third-order valence-corrected chi connectivity index (χ3v) is 2.58. The number of aromatic nitrogens is 1. The van der Waals surface area contributed by atoms with Gasteiger partial charge in [0.15, 0.2) is 0 Å². The van der Waals surface area contributed by atoms with Crippen LogP contribution in [0.1, 0.15) is 11.1 Å². The lowest BCUT2D eigenvalue weighted by molar-refractivity contribution is 0.759. The van der Waals surface area contributed by atoms with E-state index < -0.39 is 0 Å². The number of nitrogens with zero attached hydrogens (tertiary/aromatic N) is 2. The summed E-state index contributed by atoms with van der Waals surface area (Å²) in [5.41, 5.74) is 1.36. The van der Waals surface area contributed by atoms with Gasteiger partial charge in [-0.3, -0.25) is 4.79 Å². The van der Waals surface area contributed by atoms with Gasteiger partial charge in [-0.1, -0.05) is 23.7 Å². The molecule has 2 rings (SSSR count). The molecule has 0 aliphatic rings. The minimum Gasteiger partial charge on any atom is -0.310 e. The predicted molar refractivity (Wildman–Crippen MR) is 66.0 cm³/mol. The summed E-state index contributed by atoms with van der Waals surface area (Å²) >= 11 is 5.83. The van der Waals surface area contributed by atoms with Crippen molar-refractivity contribution in [1.82, 2.24) is 4.57 Å². The molecule has 2 aromatic rings. The van der Waals surface area contributed by atoms with Crippen molar-refractivity contribution in [3.05, 3.63) is 69.1 Å². The first-order chi connectivity index (χ1) is 8.19. The maximum Gasteiger partial charge on any atom is 0.250 e. The van der Waals surface area contributed by atoms with Crippen LogP contribution < -0.4 is 5.56 Å². The first-order valence-electron chi connectivity index (χ1n) is 5.04. The topological polar surface area (TPSA) is 45.8 Å². The van der Waals surface area contributed by atoms with E-state index in [4.69, 9.17) is 16.9 Å². The molecule has 4 heteroatoms. The zero-order valence-corrected chi connectivity index (χ0v) is 9.69. The van der Waals surface area contributed by atoms with Crippen LogP contribution in [-0.4, -0.2) is 4.57 Å². The number of rotatable bonds is 2. The third kappa shape index (κ3) is 2.74. The maximum atomic E-state index is 11.6. The van der Waals surface area contributed by atoms with Crippen LogP contribution in [0.25, 0.3) is 0 Å². The molecular weight excluding hydrogens is 236 g/mol. The standard InChI is InChI=1S/C13H9ClN2O/c14-12-4-5-13(17)16(9-12)8-11-3-1-2-10(6-11)7-15/h1-6,9H,8H2. The highest BCUT2D eigenvalue weighted by molar-refractivity contribution is 6.30. The highest BCUT2D eigenvalue weighted by atomic mass is 35.5. The molecule has 0 amide bonds. The summed E-state index contributed by atoms with van der Waals surface area (Å²) in [4.78, 5) is 11.6. The first kappa shape index (κ1) is 11.4. The molecule has 0 N–H and O–H groups in total. The van der Waals surface area contributed by atoms with E-state index in [0.29, 0.717) is 17.1 Å². The lowest BCUT2D eigenvalue weighted by Gasteiger charge is -2.06. The van der Waals surface area contributed by atoms with Crippen molar-refractivity contribution >= 4 is 11.6 Å². The largest absolute Gasteiger partial charge is 0.310 e. The molecular formula is C13H9ClN2O. The van der Waals surface area contributed by atoms with Crippen molar-refractivity contribution in [3.8, 4) is 6.07 Å². The SMILES string of the molecule is N#Cc1cccc(Cn2cc(Cl)ccc2=O)c1. The van der Waals surface area contributed by atoms with Crippen molar-refractivity contribution in [1.29, 1.82) is 5.26 Å². The van der Waals surface area contributed by atoms with Gasteiger partial charge in [-0.15, -0.1) is 0 Å². The van der Waals surface area contributed by atoms with E-state index in [-0.39, 0.29) is 5.56 Å². The van der Waals surface area contributed by atoms with Gasteiger partial charge in [0.25, 0.3) is 5.56 Å². The number of halogens is 1. The number of nitriles is 1. The molecule has 1 heterocycles. The fourth-order valence-electron chi connectivity index (χ4n) is 1.56. The van der Waals surface area contributed by atoms with Crippen LogP contribution in [-0.2, 0) is 6.54 Å². The van der Waals surface area contributed by atoms with E-state index in [9.17, 15) is 4.79 Å². The highest BCUT2D eigenvalue weighted by Gasteiger charge is 2.00. The Kier molecular flexibility index (Phi) is 3.27. The van der Waals surface area contributed by atoms with Gasteiger partial charge in [-0.2, -0.15) is 5.26 Å². The van der Waals surface area contributed by atoms with Crippen molar-refractivity contribution < 1.29 is 0 Å². The maximum absolute atomic E-state index is 11.6. The lowest BCUT2D eigenvalue weighted by Crippen LogP contribution is -2.18. The Bertz CT molecular complexity index is 640. The molecule has 1 aromatic heterocycles. The summed E-state index contributed by atoms with van der Waals surface area (Å²) in [7, 11) is 0. The normalized spacial score (nSPS) is 9.88.